The molecule has 0 fully saturated rings. The van der Waals surface area contributed by atoms with Gasteiger partial charge in [0.2, 0.25) is 5.91 Å². The summed E-state index contributed by atoms with van der Waals surface area (Å²) in [5.74, 6) is 0.0840. The highest BCUT2D eigenvalue weighted by Crippen LogP contribution is 2.29. The van der Waals surface area contributed by atoms with E-state index in [1.165, 1.54) is 18.1 Å². The lowest BCUT2D eigenvalue weighted by atomic mass is 10.3. The Morgan fingerprint density at radius 2 is 2.14 bits per heavy atom. The van der Waals surface area contributed by atoms with Crippen LogP contribution in [0.4, 0.5) is 5.69 Å². The number of carbonyl (C=O) groups excluding carboxylic acids is 1. The Morgan fingerprint density at radius 3 is 2.95 bits per heavy atom. The molecule has 2 aromatic heterocycles. The molecule has 2 heterocycles. The summed E-state index contributed by atoms with van der Waals surface area (Å²) >= 11 is 14.8. The van der Waals surface area contributed by atoms with Gasteiger partial charge < -0.3 is 5.32 Å². The minimum Gasteiger partial charge on any atom is -0.324 e. The van der Waals surface area contributed by atoms with Crippen molar-refractivity contribution in [3.8, 4) is 0 Å². The lowest BCUT2D eigenvalue weighted by Gasteiger charge is -2.07. The van der Waals surface area contributed by atoms with Crippen LogP contribution < -0.4 is 5.32 Å². The first-order chi connectivity index (χ1) is 10.6. The van der Waals surface area contributed by atoms with Crippen molar-refractivity contribution < 1.29 is 4.79 Å². The number of aromatic nitrogens is 2. The Hall–Kier alpha value is -1.34. The molecule has 0 unspecified atom stereocenters. The predicted molar refractivity (Wildman–Crippen MR) is 93.2 cm³/mol. The highest BCUT2D eigenvalue weighted by molar-refractivity contribution is 8.00. The van der Waals surface area contributed by atoms with Crippen molar-refractivity contribution in [1.82, 2.24) is 9.97 Å². The summed E-state index contributed by atoms with van der Waals surface area (Å²) in [4.78, 5) is 20.4. The van der Waals surface area contributed by atoms with Crippen molar-refractivity contribution in [2.45, 2.75) is 5.03 Å². The SMILES string of the molecule is O=C(CSc1ncnc2ccsc12)Nc1ccc(Cl)cc1Cl. The highest BCUT2D eigenvalue weighted by atomic mass is 35.5. The third-order valence-corrected chi connectivity index (χ3v) is 5.33. The van der Waals surface area contributed by atoms with Crippen molar-refractivity contribution in [1.29, 1.82) is 0 Å². The van der Waals surface area contributed by atoms with Crippen LogP contribution in [0.15, 0.2) is 41.0 Å². The van der Waals surface area contributed by atoms with E-state index < -0.39 is 0 Å². The molecule has 0 radical (unpaired) electrons. The summed E-state index contributed by atoms with van der Waals surface area (Å²) in [7, 11) is 0. The van der Waals surface area contributed by atoms with Gasteiger partial charge in [0.05, 0.1) is 26.7 Å². The highest BCUT2D eigenvalue weighted by Gasteiger charge is 2.10. The van der Waals surface area contributed by atoms with Crippen LogP contribution in [0.3, 0.4) is 0 Å². The van der Waals surface area contributed by atoms with Gasteiger partial charge in [0, 0.05) is 5.02 Å². The van der Waals surface area contributed by atoms with Crippen LogP contribution in [0.25, 0.3) is 10.2 Å². The summed E-state index contributed by atoms with van der Waals surface area (Å²) in [5.41, 5.74) is 1.43. The number of anilines is 1. The van der Waals surface area contributed by atoms with Crippen molar-refractivity contribution in [3.05, 3.63) is 46.0 Å². The summed E-state index contributed by atoms with van der Waals surface area (Å²) < 4.78 is 0.991. The molecular weight excluding hydrogens is 361 g/mol. The standard InChI is InChI=1S/C14H9Cl2N3OS2/c15-8-1-2-10(9(16)5-8)19-12(20)6-22-14-13-11(3-4-21-13)17-7-18-14/h1-5,7H,6H2,(H,19,20). The Morgan fingerprint density at radius 1 is 1.27 bits per heavy atom. The number of nitrogens with zero attached hydrogens (tertiary/aromatic N) is 2. The number of amides is 1. The minimum atomic E-state index is -0.155. The van der Waals surface area contributed by atoms with Crippen LogP contribution in [0.5, 0.6) is 0 Å². The Bertz CT molecular complexity index is 838. The number of fused-ring (bicyclic) bond motifs is 1. The average Bonchev–Trinajstić information content (AvgIpc) is 2.97. The molecule has 0 aliphatic heterocycles. The second kappa shape index (κ2) is 6.83. The maximum atomic E-state index is 12.0. The van der Waals surface area contributed by atoms with Gasteiger partial charge in [-0.25, -0.2) is 9.97 Å². The van der Waals surface area contributed by atoms with E-state index in [9.17, 15) is 4.79 Å². The molecule has 0 aliphatic rings. The van der Waals surface area contributed by atoms with Crippen LogP contribution in [0, 0.1) is 0 Å². The topological polar surface area (TPSA) is 54.9 Å². The lowest BCUT2D eigenvalue weighted by Crippen LogP contribution is -2.14. The first-order valence-electron chi connectivity index (χ1n) is 6.19. The van der Waals surface area contributed by atoms with Crippen LogP contribution >= 0.6 is 46.3 Å². The fourth-order valence-corrected chi connectivity index (χ4v) is 3.98. The van der Waals surface area contributed by atoms with Gasteiger partial charge in [-0.05, 0) is 29.6 Å². The molecule has 22 heavy (non-hydrogen) atoms. The number of carbonyl (C=O) groups is 1. The zero-order valence-corrected chi connectivity index (χ0v) is 14.2. The summed E-state index contributed by atoms with van der Waals surface area (Å²) in [6, 6.07) is 6.87. The van der Waals surface area contributed by atoms with Gasteiger partial charge in [0.1, 0.15) is 11.4 Å². The molecule has 3 aromatic rings. The number of thiophene rings is 1. The zero-order chi connectivity index (χ0) is 15.5. The van der Waals surface area contributed by atoms with Crippen LogP contribution in [0.1, 0.15) is 0 Å². The van der Waals surface area contributed by atoms with E-state index in [1.807, 2.05) is 11.4 Å². The molecule has 3 rings (SSSR count). The van der Waals surface area contributed by atoms with Crippen molar-refractivity contribution in [2.75, 3.05) is 11.1 Å². The molecule has 112 valence electrons. The molecular formula is C14H9Cl2N3OS2. The maximum Gasteiger partial charge on any atom is 0.234 e. The lowest BCUT2D eigenvalue weighted by molar-refractivity contribution is -0.113. The van der Waals surface area contributed by atoms with Gasteiger partial charge in [-0.2, -0.15) is 0 Å². The summed E-state index contributed by atoms with van der Waals surface area (Å²) in [5, 5.41) is 6.45. The van der Waals surface area contributed by atoms with E-state index in [0.29, 0.717) is 15.7 Å². The molecule has 1 aromatic carbocycles. The average molecular weight is 370 g/mol. The van der Waals surface area contributed by atoms with Crippen molar-refractivity contribution in [2.24, 2.45) is 0 Å². The Balaban J connectivity index is 1.66. The van der Waals surface area contributed by atoms with Crippen molar-refractivity contribution in [3.63, 3.8) is 0 Å². The number of thioether (sulfide) groups is 1. The Labute approximate surface area is 144 Å². The van der Waals surface area contributed by atoms with Crippen LogP contribution in [-0.4, -0.2) is 21.6 Å². The number of benzene rings is 1. The second-order valence-electron chi connectivity index (χ2n) is 4.27. The number of nitrogens with one attached hydrogen (secondary N) is 1. The van der Waals surface area contributed by atoms with Gasteiger partial charge in [0.25, 0.3) is 0 Å². The molecule has 0 saturated carbocycles. The first-order valence-corrected chi connectivity index (χ1v) is 8.81. The normalized spacial score (nSPS) is 10.8. The monoisotopic (exact) mass is 369 g/mol. The zero-order valence-electron chi connectivity index (χ0n) is 11.0. The fraction of sp³-hybridized carbons (Fsp3) is 0.0714. The smallest absolute Gasteiger partial charge is 0.234 e. The number of hydrogen-bond acceptors (Lipinski definition) is 5. The van der Waals surface area contributed by atoms with E-state index in [-0.39, 0.29) is 11.7 Å². The number of halogens is 2. The Kier molecular flexibility index (Phi) is 4.83. The van der Waals surface area contributed by atoms with E-state index in [2.05, 4.69) is 15.3 Å². The fourth-order valence-electron chi connectivity index (χ4n) is 1.78. The molecule has 0 saturated heterocycles. The minimum absolute atomic E-state index is 0.155. The third kappa shape index (κ3) is 3.52. The number of rotatable bonds is 4. The van der Waals surface area contributed by atoms with Gasteiger partial charge >= 0.3 is 0 Å². The van der Waals surface area contributed by atoms with Gasteiger partial charge in [-0.15, -0.1) is 11.3 Å². The molecule has 0 aliphatic carbocycles. The quantitative estimate of drug-likeness (QED) is 0.533. The molecule has 0 bridgehead atoms. The molecule has 1 N–H and O–H groups in total. The number of hydrogen-bond donors (Lipinski definition) is 1. The summed E-state index contributed by atoms with van der Waals surface area (Å²) in [6.07, 6.45) is 1.51. The van der Waals surface area contributed by atoms with Gasteiger partial charge in [-0.1, -0.05) is 35.0 Å². The van der Waals surface area contributed by atoms with E-state index in [1.54, 1.807) is 29.5 Å². The predicted octanol–water partition coefficient (Wildman–Crippen LogP) is 4.73. The maximum absolute atomic E-state index is 12.0. The largest absolute Gasteiger partial charge is 0.324 e. The molecule has 4 nitrogen and oxygen atoms in total. The molecule has 0 spiro atoms. The van der Waals surface area contributed by atoms with Gasteiger partial charge in [-0.3, -0.25) is 4.79 Å². The molecule has 8 heteroatoms. The van der Waals surface area contributed by atoms with Crippen LogP contribution in [-0.2, 0) is 4.79 Å². The van der Waals surface area contributed by atoms with E-state index >= 15 is 0 Å². The van der Waals surface area contributed by atoms with E-state index in [4.69, 9.17) is 23.2 Å². The first kappa shape index (κ1) is 15.6. The van der Waals surface area contributed by atoms with Crippen molar-refractivity contribution >= 4 is 68.1 Å². The summed E-state index contributed by atoms with van der Waals surface area (Å²) in [6.45, 7) is 0. The molecule has 0 atom stereocenters. The van der Waals surface area contributed by atoms with E-state index in [0.717, 1.165) is 15.2 Å². The third-order valence-electron chi connectivity index (χ3n) is 2.76. The molecule has 1 amide bonds. The van der Waals surface area contributed by atoms with Gasteiger partial charge in [0.15, 0.2) is 0 Å². The van der Waals surface area contributed by atoms with Crippen LogP contribution in [0.2, 0.25) is 10.0 Å². The second-order valence-corrected chi connectivity index (χ2v) is 7.00.